The molecule has 0 unspecified atom stereocenters. The Morgan fingerprint density at radius 2 is 1.21 bits per heavy atom. The molecule has 0 radical (unpaired) electrons. The van der Waals surface area contributed by atoms with Crippen molar-refractivity contribution in [3.05, 3.63) is 72.8 Å². The molecule has 0 bridgehead atoms. The fourth-order valence-corrected chi connectivity index (χ4v) is 7.52. The standard InChI is InChI=1S/C26H13NS2/c1-3-7-18-14(5-1)23-16-10-9-13-11-20-25(15-6-2-4-8-19(15)28-20)26-22(13)24(16)17(27-26)12-21(23)29-18/h1-12,27H. The van der Waals surface area contributed by atoms with Gasteiger partial charge in [0.25, 0.3) is 0 Å². The largest absolute Gasteiger partial charge is 0.354 e. The number of thiophene rings is 2. The Kier molecular flexibility index (Phi) is 2.49. The molecule has 0 saturated heterocycles. The van der Waals surface area contributed by atoms with Crippen LogP contribution in [0.3, 0.4) is 0 Å². The van der Waals surface area contributed by atoms with Crippen molar-refractivity contribution in [1.29, 1.82) is 0 Å². The molecule has 134 valence electrons. The highest BCUT2D eigenvalue weighted by atomic mass is 32.1. The maximum absolute atomic E-state index is 3.83. The van der Waals surface area contributed by atoms with Crippen LogP contribution in [-0.2, 0) is 0 Å². The molecule has 5 aromatic carbocycles. The molecular formula is C26H13NS2. The first-order valence-electron chi connectivity index (χ1n) is 9.79. The normalized spacial score (nSPS) is 12.8. The Morgan fingerprint density at radius 3 is 2.00 bits per heavy atom. The average molecular weight is 404 g/mol. The van der Waals surface area contributed by atoms with Gasteiger partial charge in [-0.15, -0.1) is 22.7 Å². The number of H-pyrrole nitrogens is 1. The molecule has 0 aliphatic heterocycles. The van der Waals surface area contributed by atoms with Crippen molar-refractivity contribution in [3.63, 3.8) is 0 Å². The number of hydrogen-bond donors (Lipinski definition) is 1. The Labute approximate surface area is 173 Å². The van der Waals surface area contributed by atoms with E-state index in [1.54, 1.807) is 0 Å². The lowest BCUT2D eigenvalue weighted by atomic mass is 9.97. The van der Waals surface area contributed by atoms with Crippen LogP contribution in [0.15, 0.2) is 72.8 Å². The van der Waals surface area contributed by atoms with Gasteiger partial charge in [0.1, 0.15) is 0 Å². The molecule has 1 N–H and O–H groups in total. The minimum atomic E-state index is 1.25. The zero-order valence-corrected chi connectivity index (χ0v) is 16.9. The van der Waals surface area contributed by atoms with Crippen LogP contribution in [-0.4, -0.2) is 4.98 Å². The zero-order valence-electron chi connectivity index (χ0n) is 15.2. The molecule has 0 atom stereocenters. The number of aromatic amines is 1. The maximum Gasteiger partial charge on any atom is 0.0565 e. The average Bonchev–Trinajstić information content (AvgIpc) is 3.42. The van der Waals surface area contributed by atoms with Gasteiger partial charge in [0, 0.05) is 56.6 Å². The predicted octanol–water partition coefficient (Wildman–Crippen LogP) is 8.65. The molecule has 0 amide bonds. The Hall–Kier alpha value is -3.14. The van der Waals surface area contributed by atoms with E-state index >= 15 is 0 Å². The van der Waals surface area contributed by atoms with Crippen LogP contribution in [0.25, 0.3) is 72.9 Å². The molecule has 1 nitrogen and oxygen atoms in total. The van der Waals surface area contributed by atoms with E-state index in [4.69, 9.17) is 0 Å². The first-order valence-corrected chi connectivity index (χ1v) is 11.4. The minimum Gasteiger partial charge on any atom is -0.354 e. The molecule has 8 rings (SSSR count). The van der Waals surface area contributed by atoms with E-state index in [0.29, 0.717) is 0 Å². The number of nitrogens with one attached hydrogen (secondary N) is 1. The second-order valence-electron chi connectivity index (χ2n) is 7.83. The molecule has 3 heteroatoms. The van der Waals surface area contributed by atoms with Crippen LogP contribution in [0.4, 0.5) is 0 Å². The van der Waals surface area contributed by atoms with E-state index in [0.717, 1.165) is 0 Å². The van der Waals surface area contributed by atoms with Gasteiger partial charge >= 0.3 is 0 Å². The van der Waals surface area contributed by atoms with Crippen molar-refractivity contribution in [3.8, 4) is 0 Å². The van der Waals surface area contributed by atoms with Crippen molar-refractivity contribution >= 4 is 95.6 Å². The van der Waals surface area contributed by atoms with Crippen molar-refractivity contribution in [2.75, 3.05) is 0 Å². The first kappa shape index (κ1) is 14.8. The van der Waals surface area contributed by atoms with E-state index in [1.165, 1.54) is 72.9 Å². The SMILES string of the molecule is c1ccc2c(c1)sc1cc3[nH]c4c5c(cc6ccc(c12)c3c64)sc1ccccc15. The van der Waals surface area contributed by atoms with Crippen LogP contribution in [0.2, 0.25) is 0 Å². The Morgan fingerprint density at radius 1 is 0.517 bits per heavy atom. The number of benzene rings is 5. The second kappa shape index (κ2) is 4.88. The number of fused-ring (bicyclic) bond motifs is 8. The van der Waals surface area contributed by atoms with Gasteiger partial charge < -0.3 is 4.98 Å². The van der Waals surface area contributed by atoms with E-state index in [2.05, 4.69) is 77.8 Å². The van der Waals surface area contributed by atoms with Crippen molar-refractivity contribution in [2.45, 2.75) is 0 Å². The van der Waals surface area contributed by atoms with Gasteiger partial charge in [-0.3, -0.25) is 0 Å². The highest BCUT2D eigenvalue weighted by Crippen LogP contribution is 2.47. The molecule has 0 aliphatic carbocycles. The summed E-state index contributed by atoms with van der Waals surface area (Å²) < 4.78 is 5.44. The number of rotatable bonds is 0. The molecule has 3 aromatic heterocycles. The summed E-state index contributed by atoms with van der Waals surface area (Å²) in [5.41, 5.74) is 2.54. The van der Waals surface area contributed by atoms with Gasteiger partial charge in [-0.05, 0) is 35.0 Å². The summed E-state index contributed by atoms with van der Waals surface area (Å²) in [5.74, 6) is 0. The number of aromatic nitrogens is 1. The van der Waals surface area contributed by atoms with Crippen molar-refractivity contribution < 1.29 is 0 Å². The smallest absolute Gasteiger partial charge is 0.0565 e. The van der Waals surface area contributed by atoms with Crippen LogP contribution >= 0.6 is 22.7 Å². The highest BCUT2D eigenvalue weighted by Gasteiger charge is 2.19. The number of hydrogen-bond acceptors (Lipinski definition) is 2. The monoisotopic (exact) mass is 403 g/mol. The van der Waals surface area contributed by atoms with E-state index in [1.807, 2.05) is 22.7 Å². The summed E-state index contributed by atoms with van der Waals surface area (Å²) in [6.07, 6.45) is 0. The molecule has 8 aromatic rings. The molecule has 3 heterocycles. The molecule has 0 saturated carbocycles. The van der Waals surface area contributed by atoms with Crippen LogP contribution in [0.5, 0.6) is 0 Å². The Balaban J connectivity index is 1.71. The van der Waals surface area contributed by atoms with Crippen molar-refractivity contribution in [1.82, 2.24) is 4.98 Å². The molecule has 29 heavy (non-hydrogen) atoms. The minimum absolute atomic E-state index is 1.25. The van der Waals surface area contributed by atoms with E-state index in [-0.39, 0.29) is 0 Å². The fraction of sp³-hybridized carbons (Fsp3) is 0. The first-order chi connectivity index (χ1) is 14.4. The lowest BCUT2D eigenvalue weighted by Crippen LogP contribution is -1.78. The summed E-state index contributed by atoms with van der Waals surface area (Å²) in [6.45, 7) is 0. The van der Waals surface area contributed by atoms with Crippen LogP contribution in [0, 0.1) is 0 Å². The zero-order chi connectivity index (χ0) is 18.7. The van der Waals surface area contributed by atoms with Crippen LogP contribution in [0.1, 0.15) is 0 Å². The summed E-state index contributed by atoms with van der Waals surface area (Å²) in [7, 11) is 0. The summed E-state index contributed by atoms with van der Waals surface area (Å²) in [4.78, 5) is 3.83. The Bertz CT molecular complexity index is 1910. The van der Waals surface area contributed by atoms with Crippen LogP contribution < -0.4 is 0 Å². The third-order valence-corrected chi connectivity index (χ3v) is 8.58. The lowest BCUT2D eigenvalue weighted by molar-refractivity contribution is 1.59. The van der Waals surface area contributed by atoms with Gasteiger partial charge in [-0.1, -0.05) is 48.5 Å². The lowest BCUT2D eigenvalue weighted by Gasteiger charge is -2.05. The van der Waals surface area contributed by atoms with Gasteiger partial charge in [0.05, 0.1) is 5.52 Å². The van der Waals surface area contributed by atoms with Gasteiger partial charge in [-0.2, -0.15) is 0 Å². The molecule has 0 spiro atoms. The molecular weight excluding hydrogens is 390 g/mol. The van der Waals surface area contributed by atoms with Crippen molar-refractivity contribution in [2.24, 2.45) is 0 Å². The summed E-state index contributed by atoms with van der Waals surface area (Å²) >= 11 is 3.78. The topological polar surface area (TPSA) is 15.8 Å². The third-order valence-electron chi connectivity index (χ3n) is 6.34. The summed E-state index contributed by atoms with van der Waals surface area (Å²) in [5, 5.41) is 11.0. The molecule has 0 fully saturated rings. The fourth-order valence-electron chi connectivity index (χ4n) is 5.19. The van der Waals surface area contributed by atoms with Gasteiger partial charge in [-0.25, -0.2) is 0 Å². The van der Waals surface area contributed by atoms with E-state index in [9.17, 15) is 0 Å². The van der Waals surface area contributed by atoms with Gasteiger partial charge in [0.2, 0.25) is 0 Å². The maximum atomic E-state index is 3.83. The quantitative estimate of drug-likeness (QED) is 0.244. The summed E-state index contributed by atoms with van der Waals surface area (Å²) in [6, 6.07) is 26.9. The molecule has 0 aliphatic rings. The second-order valence-corrected chi connectivity index (χ2v) is 10.00. The van der Waals surface area contributed by atoms with E-state index < -0.39 is 0 Å². The predicted molar refractivity (Wildman–Crippen MR) is 130 cm³/mol. The third kappa shape index (κ3) is 1.68. The highest BCUT2D eigenvalue weighted by molar-refractivity contribution is 7.26. The van der Waals surface area contributed by atoms with Gasteiger partial charge in [0.15, 0.2) is 0 Å².